The van der Waals surface area contributed by atoms with Gasteiger partial charge in [-0.05, 0) is 36.8 Å². The zero-order chi connectivity index (χ0) is 16.7. The molecule has 0 saturated carbocycles. The standard InChI is InChI=1S/C17H18N2O3S/c1-23-16-10-9-14(12-15(16)19(21)22)17(20)18-11-5-8-13-6-3-2-4-7-13/h2-4,6-7,9-10,12H,5,8,11H2,1H3,(H,18,20). The van der Waals surface area contributed by atoms with Gasteiger partial charge in [-0.3, -0.25) is 14.9 Å². The molecule has 0 aromatic heterocycles. The van der Waals surface area contributed by atoms with Crippen LogP contribution in [0.5, 0.6) is 0 Å². The molecule has 0 radical (unpaired) electrons. The molecule has 2 aromatic rings. The first kappa shape index (κ1) is 17.0. The van der Waals surface area contributed by atoms with Crippen molar-refractivity contribution in [3.8, 4) is 0 Å². The Kier molecular flexibility index (Phi) is 6.17. The molecule has 120 valence electrons. The van der Waals surface area contributed by atoms with Crippen LogP contribution in [0.1, 0.15) is 22.3 Å². The van der Waals surface area contributed by atoms with Crippen LogP contribution in [0.2, 0.25) is 0 Å². The molecule has 0 bridgehead atoms. The molecule has 0 aliphatic rings. The number of carbonyl (C=O) groups excluding carboxylic acids is 1. The van der Waals surface area contributed by atoms with Crippen LogP contribution < -0.4 is 5.32 Å². The van der Waals surface area contributed by atoms with Crippen LogP contribution in [-0.4, -0.2) is 23.6 Å². The first-order chi connectivity index (χ1) is 11.1. The summed E-state index contributed by atoms with van der Waals surface area (Å²) in [6.07, 6.45) is 3.47. The van der Waals surface area contributed by atoms with Gasteiger partial charge in [0.1, 0.15) is 0 Å². The van der Waals surface area contributed by atoms with E-state index in [2.05, 4.69) is 5.32 Å². The van der Waals surface area contributed by atoms with Crippen molar-refractivity contribution < 1.29 is 9.72 Å². The number of rotatable bonds is 7. The molecule has 0 aliphatic heterocycles. The first-order valence-electron chi connectivity index (χ1n) is 7.26. The molecule has 0 fully saturated rings. The van der Waals surface area contributed by atoms with E-state index in [-0.39, 0.29) is 11.6 Å². The largest absolute Gasteiger partial charge is 0.352 e. The summed E-state index contributed by atoms with van der Waals surface area (Å²) in [5.74, 6) is -0.284. The topological polar surface area (TPSA) is 72.2 Å². The predicted octanol–water partition coefficient (Wildman–Crippen LogP) is 3.68. The average molecular weight is 330 g/mol. The fourth-order valence-corrected chi connectivity index (χ4v) is 2.76. The van der Waals surface area contributed by atoms with Crippen molar-refractivity contribution in [2.24, 2.45) is 0 Å². The molecule has 1 N–H and O–H groups in total. The van der Waals surface area contributed by atoms with Gasteiger partial charge in [0.2, 0.25) is 0 Å². The monoisotopic (exact) mass is 330 g/mol. The van der Waals surface area contributed by atoms with Gasteiger partial charge in [0, 0.05) is 18.2 Å². The highest BCUT2D eigenvalue weighted by molar-refractivity contribution is 7.98. The minimum absolute atomic E-state index is 0.0329. The molecular weight excluding hydrogens is 312 g/mol. The minimum Gasteiger partial charge on any atom is -0.352 e. The second-order valence-corrected chi connectivity index (χ2v) is 5.84. The maximum Gasteiger partial charge on any atom is 0.283 e. The molecule has 6 heteroatoms. The molecule has 0 saturated heterocycles. The first-order valence-corrected chi connectivity index (χ1v) is 8.49. The third-order valence-electron chi connectivity index (χ3n) is 3.41. The molecule has 1 amide bonds. The summed E-state index contributed by atoms with van der Waals surface area (Å²) in [6, 6.07) is 14.6. The molecular formula is C17H18N2O3S. The molecule has 2 rings (SSSR count). The molecule has 0 unspecified atom stereocenters. The van der Waals surface area contributed by atoms with E-state index in [4.69, 9.17) is 0 Å². The van der Waals surface area contributed by atoms with Crippen LogP contribution in [0.25, 0.3) is 0 Å². The van der Waals surface area contributed by atoms with Gasteiger partial charge in [-0.15, -0.1) is 11.8 Å². The Balaban J connectivity index is 1.90. The lowest BCUT2D eigenvalue weighted by Crippen LogP contribution is -2.24. The molecule has 2 aromatic carbocycles. The number of carbonyl (C=O) groups is 1. The number of nitro benzene ring substituents is 1. The molecule has 0 heterocycles. The van der Waals surface area contributed by atoms with Crippen molar-refractivity contribution in [2.75, 3.05) is 12.8 Å². The van der Waals surface area contributed by atoms with Crippen LogP contribution in [0.15, 0.2) is 53.4 Å². The van der Waals surface area contributed by atoms with Gasteiger partial charge < -0.3 is 5.32 Å². The van der Waals surface area contributed by atoms with Gasteiger partial charge in [0.25, 0.3) is 11.6 Å². The summed E-state index contributed by atoms with van der Waals surface area (Å²) >= 11 is 1.29. The van der Waals surface area contributed by atoms with E-state index in [1.165, 1.54) is 23.4 Å². The van der Waals surface area contributed by atoms with Gasteiger partial charge in [-0.2, -0.15) is 0 Å². The fourth-order valence-electron chi connectivity index (χ4n) is 2.22. The van der Waals surface area contributed by atoms with Crippen molar-refractivity contribution in [1.82, 2.24) is 5.32 Å². The van der Waals surface area contributed by atoms with E-state index in [1.54, 1.807) is 18.4 Å². The van der Waals surface area contributed by atoms with Crippen LogP contribution in [0.3, 0.4) is 0 Å². The van der Waals surface area contributed by atoms with Crippen molar-refractivity contribution in [3.63, 3.8) is 0 Å². The minimum atomic E-state index is -0.460. The van der Waals surface area contributed by atoms with E-state index in [0.29, 0.717) is 17.0 Å². The molecule has 5 nitrogen and oxygen atoms in total. The van der Waals surface area contributed by atoms with Crippen molar-refractivity contribution in [3.05, 3.63) is 69.8 Å². The van der Waals surface area contributed by atoms with Crippen molar-refractivity contribution in [2.45, 2.75) is 17.7 Å². The predicted molar refractivity (Wildman–Crippen MR) is 92.0 cm³/mol. The summed E-state index contributed by atoms with van der Waals surface area (Å²) in [4.78, 5) is 23.2. The lowest BCUT2D eigenvalue weighted by Gasteiger charge is -2.07. The smallest absolute Gasteiger partial charge is 0.283 e. The maximum absolute atomic E-state index is 12.1. The van der Waals surface area contributed by atoms with E-state index in [1.807, 2.05) is 30.3 Å². The van der Waals surface area contributed by atoms with Crippen molar-refractivity contribution in [1.29, 1.82) is 0 Å². The summed E-state index contributed by atoms with van der Waals surface area (Å²) in [5.41, 5.74) is 1.50. The number of aryl methyl sites for hydroxylation is 1. The van der Waals surface area contributed by atoms with Crippen LogP contribution in [0, 0.1) is 10.1 Å². The van der Waals surface area contributed by atoms with E-state index in [9.17, 15) is 14.9 Å². The highest BCUT2D eigenvalue weighted by atomic mass is 32.2. The number of nitro groups is 1. The molecule has 0 aliphatic carbocycles. The number of nitrogens with zero attached hydrogens (tertiary/aromatic N) is 1. The van der Waals surface area contributed by atoms with Gasteiger partial charge in [-0.1, -0.05) is 30.3 Å². The summed E-state index contributed by atoms with van der Waals surface area (Å²) in [7, 11) is 0. The lowest BCUT2D eigenvalue weighted by molar-refractivity contribution is -0.387. The molecule has 0 atom stereocenters. The second kappa shape index (κ2) is 8.33. The molecule has 0 spiro atoms. The third-order valence-corrected chi connectivity index (χ3v) is 4.19. The summed E-state index contributed by atoms with van der Waals surface area (Å²) in [6.45, 7) is 0.534. The van der Waals surface area contributed by atoms with Gasteiger partial charge in [0.05, 0.1) is 9.82 Å². The Morgan fingerprint density at radius 2 is 1.96 bits per heavy atom. The van der Waals surface area contributed by atoms with Crippen molar-refractivity contribution >= 4 is 23.4 Å². The number of thioether (sulfide) groups is 1. The number of hydrogen-bond acceptors (Lipinski definition) is 4. The van der Waals surface area contributed by atoms with Crippen LogP contribution in [-0.2, 0) is 6.42 Å². The highest BCUT2D eigenvalue weighted by Crippen LogP contribution is 2.28. The number of hydrogen-bond donors (Lipinski definition) is 1. The fraction of sp³-hybridized carbons (Fsp3) is 0.235. The number of amides is 1. The number of nitrogens with one attached hydrogen (secondary N) is 1. The Labute approximate surface area is 139 Å². The van der Waals surface area contributed by atoms with Gasteiger partial charge >= 0.3 is 0 Å². The zero-order valence-electron chi connectivity index (χ0n) is 12.8. The van der Waals surface area contributed by atoms with E-state index >= 15 is 0 Å². The van der Waals surface area contributed by atoms with E-state index in [0.717, 1.165) is 12.8 Å². The Bertz CT molecular complexity index is 689. The van der Waals surface area contributed by atoms with Gasteiger partial charge in [0.15, 0.2) is 0 Å². The average Bonchev–Trinajstić information content (AvgIpc) is 2.58. The SMILES string of the molecule is CSc1ccc(C(=O)NCCCc2ccccc2)cc1[N+](=O)[O-]. The third kappa shape index (κ3) is 4.82. The highest BCUT2D eigenvalue weighted by Gasteiger charge is 2.16. The Morgan fingerprint density at radius 1 is 1.22 bits per heavy atom. The summed E-state index contributed by atoms with van der Waals surface area (Å²) in [5, 5.41) is 13.8. The Morgan fingerprint density at radius 3 is 2.61 bits per heavy atom. The number of benzene rings is 2. The molecule has 23 heavy (non-hydrogen) atoms. The summed E-state index contributed by atoms with van der Waals surface area (Å²) < 4.78 is 0. The lowest BCUT2D eigenvalue weighted by atomic mass is 10.1. The quantitative estimate of drug-likeness (QED) is 0.364. The Hall–Kier alpha value is -2.34. The van der Waals surface area contributed by atoms with Crippen LogP contribution in [0.4, 0.5) is 5.69 Å². The second-order valence-electron chi connectivity index (χ2n) is 4.99. The van der Waals surface area contributed by atoms with Gasteiger partial charge in [-0.25, -0.2) is 0 Å². The normalized spacial score (nSPS) is 10.3. The van der Waals surface area contributed by atoms with E-state index < -0.39 is 4.92 Å². The zero-order valence-corrected chi connectivity index (χ0v) is 13.6. The van der Waals surface area contributed by atoms with Crippen LogP contribution >= 0.6 is 11.8 Å². The maximum atomic E-state index is 12.1.